The first-order valence-electron chi connectivity index (χ1n) is 7.15. The number of hydrogen-bond donors (Lipinski definition) is 2. The number of sulfonamides is 1. The molecule has 21 heavy (non-hydrogen) atoms. The fraction of sp³-hybridized carbons (Fsp3) is 0.533. The molecule has 1 aliphatic rings. The second-order valence-corrected chi connectivity index (χ2v) is 7.46. The van der Waals surface area contributed by atoms with Crippen molar-refractivity contribution < 1.29 is 18.3 Å². The van der Waals surface area contributed by atoms with Crippen LogP contribution in [0.4, 0.5) is 0 Å². The molecule has 0 bridgehead atoms. The van der Waals surface area contributed by atoms with Gasteiger partial charge in [-0.25, -0.2) is 13.1 Å². The molecule has 6 heteroatoms. The van der Waals surface area contributed by atoms with Crippen molar-refractivity contribution in [3.63, 3.8) is 0 Å². The summed E-state index contributed by atoms with van der Waals surface area (Å²) in [5.74, 6) is -0.182. The van der Waals surface area contributed by atoms with Crippen LogP contribution in [0.2, 0.25) is 0 Å². The van der Waals surface area contributed by atoms with E-state index in [0.717, 1.165) is 19.3 Å². The highest BCUT2D eigenvalue weighted by Gasteiger charge is 2.30. The van der Waals surface area contributed by atoms with Crippen LogP contribution in [0.3, 0.4) is 0 Å². The Morgan fingerprint density at radius 3 is 2.57 bits per heavy atom. The van der Waals surface area contributed by atoms with E-state index in [1.807, 2.05) is 0 Å². The van der Waals surface area contributed by atoms with Gasteiger partial charge in [0.2, 0.25) is 10.0 Å². The Bertz CT molecular complexity index is 618. The van der Waals surface area contributed by atoms with E-state index in [0.29, 0.717) is 18.4 Å². The smallest absolute Gasteiger partial charge is 0.240 e. The van der Waals surface area contributed by atoms with E-state index in [4.69, 9.17) is 0 Å². The van der Waals surface area contributed by atoms with Crippen molar-refractivity contribution in [2.75, 3.05) is 6.54 Å². The minimum atomic E-state index is -3.72. The van der Waals surface area contributed by atoms with Crippen LogP contribution in [-0.2, 0) is 10.0 Å². The molecule has 0 aromatic heterocycles. The summed E-state index contributed by atoms with van der Waals surface area (Å²) >= 11 is 0. The molecular formula is C15H21NO4S. The van der Waals surface area contributed by atoms with Crippen LogP contribution in [0.15, 0.2) is 29.2 Å². The van der Waals surface area contributed by atoms with Crippen molar-refractivity contribution in [3.8, 4) is 0 Å². The summed E-state index contributed by atoms with van der Waals surface area (Å²) < 4.78 is 27.0. The third-order valence-corrected chi connectivity index (χ3v) is 5.33. The fourth-order valence-corrected chi connectivity index (χ4v) is 3.75. The molecule has 2 N–H and O–H groups in total. The minimum Gasteiger partial charge on any atom is -0.389 e. The van der Waals surface area contributed by atoms with Gasteiger partial charge in [-0.2, -0.15) is 0 Å². The molecule has 0 radical (unpaired) electrons. The molecule has 0 aliphatic heterocycles. The van der Waals surface area contributed by atoms with Crippen molar-refractivity contribution in [3.05, 3.63) is 29.8 Å². The number of carbonyl (C=O) groups excluding carboxylic acids is 1. The third-order valence-electron chi connectivity index (χ3n) is 3.93. The monoisotopic (exact) mass is 311 g/mol. The summed E-state index contributed by atoms with van der Waals surface area (Å²) in [4.78, 5) is 11.4. The molecule has 0 spiro atoms. The number of Topliss-reactive ketones (excluding diaryl/α,β-unsaturated/α-hetero) is 1. The molecule has 5 nitrogen and oxygen atoms in total. The lowest BCUT2D eigenvalue weighted by Crippen LogP contribution is -2.44. The van der Waals surface area contributed by atoms with Crippen molar-refractivity contribution in [2.45, 2.75) is 49.5 Å². The van der Waals surface area contributed by atoms with Gasteiger partial charge < -0.3 is 5.11 Å². The highest BCUT2D eigenvalue weighted by Crippen LogP contribution is 2.27. The number of rotatable bonds is 5. The summed E-state index contributed by atoms with van der Waals surface area (Å²) in [5, 5.41) is 10.3. The molecule has 2 rings (SSSR count). The zero-order valence-corrected chi connectivity index (χ0v) is 12.9. The summed E-state index contributed by atoms with van der Waals surface area (Å²) in [6.45, 7) is 1.41. The normalized spacial score (nSPS) is 18.4. The largest absolute Gasteiger partial charge is 0.389 e. The van der Waals surface area contributed by atoms with Crippen LogP contribution < -0.4 is 4.72 Å². The zero-order chi connectivity index (χ0) is 15.5. The molecule has 0 heterocycles. The lowest BCUT2D eigenvalue weighted by Gasteiger charge is -2.32. The number of hydrogen-bond acceptors (Lipinski definition) is 4. The Balaban J connectivity index is 2.11. The first kappa shape index (κ1) is 16.1. The molecule has 1 aromatic carbocycles. The first-order chi connectivity index (χ1) is 9.82. The van der Waals surface area contributed by atoms with Gasteiger partial charge in [0.1, 0.15) is 0 Å². The standard InChI is InChI=1S/C15H21NO4S/c1-12(17)13-6-5-7-14(10-13)21(19,20)16-11-15(18)8-3-2-4-9-15/h5-7,10,16,18H,2-4,8-9,11H2,1H3. The average Bonchev–Trinajstić information content (AvgIpc) is 2.46. The van der Waals surface area contributed by atoms with Crippen LogP contribution >= 0.6 is 0 Å². The maximum absolute atomic E-state index is 12.3. The Kier molecular flexibility index (Phi) is 4.81. The van der Waals surface area contributed by atoms with Gasteiger partial charge in [0.05, 0.1) is 10.5 Å². The van der Waals surface area contributed by atoms with E-state index in [1.54, 1.807) is 12.1 Å². The summed E-state index contributed by atoms with van der Waals surface area (Å²) in [6, 6.07) is 5.92. The highest BCUT2D eigenvalue weighted by molar-refractivity contribution is 7.89. The number of aliphatic hydroxyl groups is 1. The number of carbonyl (C=O) groups is 1. The minimum absolute atomic E-state index is 0.0135. The van der Waals surface area contributed by atoms with E-state index in [1.165, 1.54) is 19.1 Å². The summed E-state index contributed by atoms with van der Waals surface area (Å²) in [5.41, 5.74) is -0.599. The quantitative estimate of drug-likeness (QED) is 0.813. The van der Waals surface area contributed by atoms with Gasteiger partial charge in [0.25, 0.3) is 0 Å². The summed E-state index contributed by atoms with van der Waals surface area (Å²) in [6.07, 6.45) is 4.14. The molecule has 116 valence electrons. The van der Waals surface area contributed by atoms with Gasteiger partial charge in [0.15, 0.2) is 5.78 Å². The lowest BCUT2D eigenvalue weighted by molar-refractivity contribution is 0.00945. The van der Waals surface area contributed by atoms with Gasteiger partial charge in [-0.1, -0.05) is 31.4 Å². The van der Waals surface area contributed by atoms with E-state index >= 15 is 0 Å². The molecule has 1 fully saturated rings. The van der Waals surface area contributed by atoms with Crippen LogP contribution in [0.5, 0.6) is 0 Å². The number of nitrogens with one attached hydrogen (secondary N) is 1. The van der Waals surface area contributed by atoms with Crippen LogP contribution in [-0.4, -0.2) is 31.5 Å². The SMILES string of the molecule is CC(=O)c1cccc(S(=O)(=O)NCC2(O)CCCCC2)c1. The van der Waals surface area contributed by atoms with E-state index < -0.39 is 15.6 Å². The first-order valence-corrected chi connectivity index (χ1v) is 8.64. The maximum Gasteiger partial charge on any atom is 0.240 e. The van der Waals surface area contributed by atoms with Crippen LogP contribution in [0, 0.1) is 0 Å². The van der Waals surface area contributed by atoms with E-state index in [-0.39, 0.29) is 17.2 Å². The Morgan fingerprint density at radius 2 is 1.95 bits per heavy atom. The highest BCUT2D eigenvalue weighted by atomic mass is 32.2. The van der Waals surface area contributed by atoms with Crippen molar-refractivity contribution in [1.29, 1.82) is 0 Å². The molecule has 1 aromatic rings. The van der Waals surface area contributed by atoms with Crippen molar-refractivity contribution in [1.82, 2.24) is 4.72 Å². The molecular weight excluding hydrogens is 290 g/mol. The second-order valence-electron chi connectivity index (χ2n) is 5.69. The number of benzene rings is 1. The molecule has 1 saturated carbocycles. The van der Waals surface area contributed by atoms with Crippen molar-refractivity contribution >= 4 is 15.8 Å². The Labute approximate surface area is 125 Å². The Hall–Kier alpha value is -1.24. The van der Waals surface area contributed by atoms with Gasteiger partial charge in [-0.05, 0) is 31.9 Å². The molecule has 0 saturated heterocycles. The van der Waals surface area contributed by atoms with Gasteiger partial charge in [-0.3, -0.25) is 4.79 Å². The summed E-state index contributed by atoms with van der Waals surface area (Å²) in [7, 11) is -3.72. The predicted octanol–water partition coefficient (Wildman–Crippen LogP) is 1.86. The zero-order valence-electron chi connectivity index (χ0n) is 12.1. The van der Waals surface area contributed by atoms with Crippen LogP contribution in [0.1, 0.15) is 49.4 Å². The average molecular weight is 311 g/mol. The van der Waals surface area contributed by atoms with E-state index in [9.17, 15) is 18.3 Å². The molecule has 0 atom stereocenters. The number of ketones is 1. The fourth-order valence-electron chi connectivity index (χ4n) is 2.58. The van der Waals surface area contributed by atoms with E-state index in [2.05, 4.69) is 4.72 Å². The second kappa shape index (κ2) is 6.25. The molecule has 1 aliphatic carbocycles. The molecule has 0 unspecified atom stereocenters. The van der Waals surface area contributed by atoms with Gasteiger partial charge >= 0.3 is 0 Å². The predicted molar refractivity (Wildman–Crippen MR) is 79.7 cm³/mol. The Morgan fingerprint density at radius 1 is 1.29 bits per heavy atom. The third kappa shape index (κ3) is 4.12. The topological polar surface area (TPSA) is 83.5 Å². The van der Waals surface area contributed by atoms with Gasteiger partial charge in [0, 0.05) is 12.1 Å². The van der Waals surface area contributed by atoms with Gasteiger partial charge in [-0.15, -0.1) is 0 Å². The lowest BCUT2D eigenvalue weighted by atomic mass is 9.85. The molecule has 0 amide bonds. The van der Waals surface area contributed by atoms with Crippen molar-refractivity contribution in [2.24, 2.45) is 0 Å². The maximum atomic E-state index is 12.3. The van der Waals surface area contributed by atoms with Crippen LogP contribution in [0.25, 0.3) is 0 Å².